The lowest BCUT2D eigenvalue weighted by Crippen LogP contribution is -2.51. The lowest BCUT2D eigenvalue weighted by atomic mass is 9.94. The summed E-state index contributed by atoms with van der Waals surface area (Å²) in [7, 11) is 0. The third-order valence-electron chi connectivity index (χ3n) is 6.93. The zero-order valence-electron chi connectivity index (χ0n) is 18.7. The van der Waals surface area contributed by atoms with E-state index in [0.29, 0.717) is 11.5 Å². The van der Waals surface area contributed by atoms with Gasteiger partial charge in [0.05, 0.1) is 11.6 Å². The minimum Gasteiger partial charge on any atom is -0.368 e. The van der Waals surface area contributed by atoms with Crippen LogP contribution < -0.4 is 4.90 Å². The Morgan fingerprint density at radius 1 is 0.968 bits per heavy atom. The van der Waals surface area contributed by atoms with Crippen molar-refractivity contribution in [3.05, 3.63) is 64.7 Å². The molecule has 2 aliphatic heterocycles. The summed E-state index contributed by atoms with van der Waals surface area (Å²) in [5.41, 5.74) is 5.90. The highest BCUT2D eigenvalue weighted by atomic mass is 16.2. The van der Waals surface area contributed by atoms with Crippen LogP contribution in [-0.2, 0) is 11.3 Å². The fourth-order valence-electron chi connectivity index (χ4n) is 4.79. The molecule has 2 aromatic carbocycles. The normalized spacial score (nSPS) is 18.1. The number of carbonyl (C=O) groups excluding carboxylic acids is 1. The monoisotopic (exact) mass is 416 g/mol. The quantitative estimate of drug-likeness (QED) is 0.762. The van der Waals surface area contributed by atoms with Crippen molar-refractivity contribution in [2.24, 2.45) is 5.92 Å². The number of rotatable bonds is 4. The van der Waals surface area contributed by atoms with Gasteiger partial charge < -0.3 is 9.80 Å². The first-order valence-corrected chi connectivity index (χ1v) is 11.4. The Morgan fingerprint density at radius 3 is 2.29 bits per heavy atom. The summed E-state index contributed by atoms with van der Waals surface area (Å²) in [6.07, 6.45) is 1.87. The number of piperidine rings is 1. The van der Waals surface area contributed by atoms with Crippen LogP contribution in [0.1, 0.15) is 35.1 Å². The zero-order valence-corrected chi connectivity index (χ0v) is 18.7. The predicted molar refractivity (Wildman–Crippen MR) is 124 cm³/mol. The molecule has 5 heteroatoms. The summed E-state index contributed by atoms with van der Waals surface area (Å²) in [6, 6.07) is 16.5. The van der Waals surface area contributed by atoms with Crippen molar-refractivity contribution in [3.8, 4) is 6.07 Å². The number of benzene rings is 2. The Labute approximate surface area is 185 Å². The molecule has 0 spiro atoms. The van der Waals surface area contributed by atoms with Crippen LogP contribution in [0, 0.1) is 31.1 Å². The van der Waals surface area contributed by atoms with Crippen molar-refractivity contribution in [2.45, 2.75) is 33.2 Å². The Hall–Kier alpha value is -2.84. The van der Waals surface area contributed by atoms with Crippen LogP contribution in [0.25, 0.3) is 0 Å². The molecule has 0 radical (unpaired) electrons. The van der Waals surface area contributed by atoms with Crippen molar-refractivity contribution >= 4 is 11.6 Å². The second-order valence-electron chi connectivity index (χ2n) is 8.89. The van der Waals surface area contributed by atoms with Crippen LogP contribution in [0.5, 0.6) is 0 Å². The van der Waals surface area contributed by atoms with Gasteiger partial charge in [-0.15, -0.1) is 0 Å². The second kappa shape index (κ2) is 9.53. The Balaban J connectivity index is 1.25. The molecule has 2 fully saturated rings. The number of hydrogen-bond donors (Lipinski definition) is 0. The lowest BCUT2D eigenvalue weighted by molar-refractivity contribution is -0.137. The number of nitrogens with zero attached hydrogens (tertiary/aromatic N) is 4. The van der Waals surface area contributed by atoms with Gasteiger partial charge in [0.25, 0.3) is 0 Å². The van der Waals surface area contributed by atoms with Crippen molar-refractivity contribution in [2.75, 3.05) is 44.2 Å². The third-order valence-corrected chi connectivity index (χ3v) is 6.93. The number of piperazine rings is 1. The highest BCUT2D eigenvalue weighted by Gasteiger charge is 2.30. The van der Waals surface area contributed by atoms with Gasteiger partial charge in [0.2, 0.25) is 5.91 Å². The van der Waals surface area contributed by atoms with E-state index in [9.17, 15) is 4.79 Å². The van der Waals surface area contributed by atoms with Gasteiger partial charge in [-0.25, -0.2) is 0 Å². The number of amides is 1. The Bertz CT molecular complexity index is 946. The average molecular weight is 417 g/mol. The van der Waals surface area contributed by atoms with Crippen LogP contribution in [0.3, 0.4) is 0 Å². The maximum absolute atomic E-state index is 13.1. The van der Waals surface area contributed by atoms with E-state index in [-0.39, 0.29) is 5.92 Å². The molecule has 0 saturated carbocycles. The Kier molecular flexibility index (Phi) is 6.58. The summed E-state index contributed by atoms with van der Waals surface area (Å²) < 4.78 is 0. The molecular formula is C26H32N4O. The zero-order chi connectivity index (χ0) is 21.8. The van der Waals surface area contributed by atoms with E-state index in [4.69, 9.17) is 5.26 Å². The molecule has 162 valence electrons. The molecule has 2 heterocycles. The van der Waals surface area contributed by atoms with Crippen LogP contribution in [0.2, 0.25) is 0 Å². The molecule has 2 saturated heterocycles. The molecule has 5 nitrogen and oxygen atoms in total. The summed E-state index contributed by atoms with van der Waals surface area (Å²) >= 11 is 0. The van der Waals surface area contributed by atoms with E-state index < -0.39 is 0 Å². The highest BCUT2D eigenvalue weighted by molar-refractivity contribution is 5.79. The minimum atomic E-state index is 0.157. The number of carbonyl (C=O) groups is 1. The van der Waals surface area contributed by atoms with Gasteiger partial charge >= 0.3 is 0 Å². The molecule has 4 rings (SSSR count). The van der Waals surface area contributed by atoms with Crippen molar-refractivity contribution in [3.63, 3.8) is 0 Å². The van der Waals surface area contributed by atoms with Crippen LogP contribution >= 0.6 is 0 Å². The van der Waals surface area contributed by atoms with Gasteiger partial charge in [0.1, 0.15) is 0 Å². The molecule has 31 heavy (non-hydrogen) atoms. The number of nitriles is 1. The van der Waals surface area contributed by atoms with Gasteiger partial charge in [-0.2, -0.15) is 5.26 Å². The molecule has 0 aliphatic carbocycles. The summed E-state index contributed by atoms with van der Waals surface area (Å²) in [5.74, 6) is 0.503. The molecule has 2 aliphatic rings. The maximum atomic E-state index is 13.1. The highest BCUT2D eigenvalue weighted by Crippen LogP contribution is 2.26. The first-order chi connectivity index (χ1) is 15.0. The van der Waals surface area contributed by atoms with E-state index in [1.807, 2.05) is 24.3 Å². The number of hydrogen-bond acceptors (Lipinski definition) is 4. The fourth-order valence-corrected chi connectivity index (χ4v) is 4.79. The molecule has 1 amide bonds. The standard InChI is InChI=1S/C26H32N4O/c1-20-4-3-5-25(21(20)2)29-14-16-30(17-15-29)26(31)24-10-12-28(13-11-24)19-23-8-6-22(18-27)7-9-23/h3-9,24H,10-17,19H2,1-2H3. The molecular weight excluding hydrogens is 384 g/mol. The van der Waals surface area contributed by atoms with Gasteiger partial charge in [-0.1, -0.05) is 24.3 Å². The fraction of sp³-hybridized carbons (Fsp3) is 0.462. The van der Waals surface area contributed by atoms with Crippen LogP contribution in [0.15, 0.2) is 42.5 Å². The smallest absolute Gasteiger partial charge is 0.225 e. The predicted octanol–water partition coefficient (Wildman–Crippen LogP) is 3.74. The number of anilines is 1. The van der Waals surface area contributed by atoms with E-state index in [0.717, 1.165) is 58.7 Å². The molecule has 0 bridgehead atoms. The minimum absolute atomic E-state index is 0.157. The molecule has 0 atom stereocenters. The van der Waals surface area contributed by atoms with E-state index in [1.165, 1.54) is 22.4 Å². The second-order valence-corrected chi connectivity index (χ2v) is 8.89. The van der Waals surface area contributed by atoms with Gasteiger partial charge in [-0.05, 0) is 74.7 Å². The van der Waals surface area contributed by atoms with Crippen LogP contribution in [0.4, 0.5) is 5.69 Å². The first-order valence-electron chi connectivity index (χ1n) is 11.4. The van der Waals surface area contributed by atoms with Crippen LogP contribution in [-0.4, -0.2) is 55.0 Å². The first kappa shape index (κ1) is 21.4. The summed E-state index contributed by atoms with van der Waals surface area (Å²) in [5, 5.41) is 8.94. The molecule has 0 aromatic heterocycles. The van der Waals surface area contributed by atoms with Gasteiger partial charge in [0.15, 0.2) is 0 Å². The van der Waals surface area contributed by atoms with Gasteiger partial charge in [-0.3, -0.25) is 9.69 Å². The average Bonchev–Trinajstić information content (AvgIpc) is 2.81. The Morgan fingerprint density at radius 2 is 1.65 bits per heavy atom. The van der Waals surface area contributed by atoms with Crippen molar-refractivity contribution in [1.29, 1.82) is 5.26 Å². The van der Waals surface area contributed by atoms with E-state index >= 15 is 0 Å². The topological polar surface area (TPSA) is 50.6 Å². The SMILES string of the molecule is Cc1cccc(N2CCN(C(=O)C3CCN(Cc4ccc(C#N)cc4)CC3)CC2)c1C. The summed E-state index contributed by atoms with van der Waals surface area (Å²) in [4.78, 5) is 20.0. The van der Waals surface area contributed by atoms with Crippen molar-refractivity contribution in [1.82, 2.24) is 9.80 Å². The van der Waals surface area contributed by atoms with E-state index in [2.05, 4.69) is 52.8 Å². The third kappa shape index (κ3) is 4.91. The van der Waals surface area contributed by atoms with Crippen molar-refractivity contribution < 1.29 is 4.79 Å². The molecule has 0 N–H and O–H groups in total. The largest absolute Gasteiger partial charge is 0.368 e. The summed E-state index contributed by atoms with van der Waals surface area (Å²) in [6.45, 7) is 10.6. The maximum Gasteiger partial charge on any atom is 0.225 e. The number of aryl methyl sites for hydroxylation is 1. The number of likely N-dealkylation sites (tertiary alicyclic amines) is 1. The van der Waals surface area contributed by atoms with Gasteiger partial charge in [0, 0.05) is 44.3 Å². The molecule has 0 unspecified atom stereocenters. The lowest BCUT2D eigenvalue weighted by Gasteiger charge is -2.40. The molecule has 2 aromatic rings. The van der Waals surface area contributed by atoms with E-state index in [1.54, 1.807) is 0 Å².